The van der Waals surface area contributed by atoms with Crippen molar-refractivity contribution >= 4 is 11.8 Å². The maximum atomic E-state index is 12.6. The van der Waals surface area contributed by atoms with E-state index in [0.29, 0.717) is 37.7 Å². The summed E-state index contributed by atoms with van der Waals surface area (Å²) in [7, 11) is 3.19. The summed E-state index contributed by atoms with van der Waals surface area (Å²) in [5, 5.41) is 0. The van der Waals surface area contributed by atoms with Crippen molar-refractivity contribution in [2.75, 3.05) is 40.4 Å². The molecular formula is C20H30N2O4. The van der Waals surface area contributed by atoms with E-state index in [1.54, 1.807) is 20.3 Å². The van der Waals surface area contributed by atoms with Gasteiger partial charge in [-0.2, -0.15) is 0 Å². The van der Waals surface area contributed by atoms with Crippen LogP contribution in [0.15, 0.2) is 18.2 Å². The molecule has 2 amide bonds. The predicted octanol–water partition coefficient (Wildman–Crippen LogP) is 2.35. The number of hydrogen-bond acceptors (Lipinski definition) is 4. The summed E-state index contributed by atoms with van der Waals surface area (Å²) < 4.78 is 10.6. The highest BCUT2D eigenvalue weighted by atomic mass is 16.5. The first-order valence-corrected chi connectivity index (χ1v) is 9.31. The highest BCUT2D eigenvalue weighted by molar-refractivity contribution is 5.81. The van der Waals surface area contributed by atoms with Gasteiger partial charge in [0.2, 0.25) is 11.8 Å². The summed E-state index contributed by atoms with van der Waals surface area (Å²) in [6.07, 6.45) is 2.02. The molecule has 1 fully saturated rings. The van der Waals surface area contributed by atoms with E-state index in [4.69, 9.17) is 9.47 Å². The maximum Gasteiger partial charge on any atom is 0.227 e. The first-order chi connectivity index (χ1) is 12.5. The van der Waals surface area contributed by atoms with E-state index in [9.17, 15) is 9.59 Å². The second-order valence-corrected chi connectivity index (χ2v) is 6.57. The Labute approximate surface area is 156 Å². The second kappa shape index (κ2) is 9.46. The zero-order valence-electron chi connectivity index (χ0n) is 16.3. The fourth-order valence-electron chi connectivity index (χ4n) is 3.34. The van der Waals surface area contributed by atoms with Crippen LogP contribution in [0.2, 0.25) is 0 Å². The molecule has 0 aliphatic carbocycles. The smallest absolute Gasteiger partial charge is 0.227 e. The molecule has 0 bridgehead atoms. The number of nitrogens with zero attached hydrogens (tertiary/aromatic N) is 2. The molecule has 6 heteroatoms. The van der Waals surface area contributed by atoms with Crippen LogP contribution in [0.25, 0.3) is 0 Å². The molecule has 2 rings (SSSR count). The largest absolute Gasteiger partial charge is 0.497 e. The molecule has 1 aromatic carbocycles. The number of amides is 2. The molecule has 6 nitrogen and oxygen atoms in total. The van der Waals surface area contributed by atoms with Gasteiger partial charge < -0.3 is 19.3 Å². The first-order valence-electron chi connectivity index (χ1n) is 9.31. The van der Waals surface area contributed by atoms with E-state index < -0.39 is 0 Å². The molecule has 0 saturated carbocycles. The summed E-state index contributed by atoms with van der Waals surface area (Å²) in [4.78, 5) is 28.8. The van der Waals surface area contributed by atoms with Gasteiger partial charge in [-0.1, -0.05) is 19.9 Å². The molecule has 1 saturated heterocycles. The molecule has 0 radical (unpaired) electrons. The third-order valence-corrected chi connectivity index (χ3v) is 5.11. The van der Waals surface area contributed by atoms with Gasteiger partial charge >= 0.3 is 0 Å². The number of piperazine rings is 1. The van der Waals surface area contributed by atoms with Gasteiger partial charge in [-0.05, 0) is 18.9 Å². The Bertz CT molecular complexity index is 620. The third-order valence-electron chi connectivity index (χ3n) is 5.11. The summed E-state index contributed by atoms with van der Waals surface area (Å²) in [5.74, 6) is 1.73. The van der Waals surface area contributed by atoms with Gasteiger partial charge in [0.25, 0.3) is 0 Å². The molecule has 144 valence electrons. The predicted molar refractivity (Wildman–Crippen MR) is 100 cm³/mol. The van der Waals surface area contributed by atoms with Crippen molar-refractivity contribution in [1.82, 2.24) is 9.80 Å². The number of rotatable bonds is 7. The zero-order chi connectivity index (χ0) is 19.1. The first kappa shape index (κ1) is 20.1. The van der Waals surface area contributed by atoms with Gasteiger partial charge in [0.15, 0.2) is 0 Å². The lowest BCUT2D eigenvalue weighted by atomic mass is 10.0. The van der Waals surface area contributed by atoms with Crippen LogP contribution >= 0.6 is 0 Å². The van der Waals surface area contributed by atoms with E-state index >= 15 is 0 Å². The maximum absolute atomic E-state index is 12.6. The van der Waals surface area contributed by atoms with E-state index in [1.165, 1.54) is 0 Å². The monoisotopic (exact) mass is 362 g/mol. The van der Waals surface area contributed by atoms with E-state index in [0.717, 1.165) is 18.4 Å². The van der Waals surface area contributed by atoms with Gasteiger partial charge in [0, 0.05) is 43.7 Å². The van der Waals surface area contributed by atoms with Crippen LogP contribution < -0.4 is 9.47 Å². The Morgan fingerprint density at radius 2 is 1.62 bits per heavy atom. The summed E-state index contributed by atoms with van der Waals surface area (Å²) in [6.45, 7) is 6.50. The van der Waals surface area contributed by atoms with Crippen LogP contribution in [0.3, 0.4) is 0 Å². The number of hydrogen-bond donors (Lipinski definition) is 0. The second-order valence-electron chi connectivity index (χ2n) is 6.57. The Morgan fingerprint density at radius 1 is 1.00 bits per heavy atom. The SMILES string of the molecule is CCC(CC)C(=O)N1CCN(C(=O)Cc2ccc(OC)cc2OC)CC1. The molecule has 0 spiro atoms. The number of benzene rings is 1. The number of ether oxygens (including phenoxy) is 2. The van der Waals surface area contributed by atoms with Crippen molar-refractivity contribution in [2.45, 2.75) is 33.1 Å². The van der Waals surface area contributed by atoms with Crippen molar-refractivity contribution in [3.63, 3.8) is 0 Å². The summed E-state index contributed by atoms with van der Waals surface area (Å²) in [6, 6.07) is 5.48. The number of carbonyl (C=O) groups excluding carboxylic acids is 2. The molecule has 1 aliphatic rings. The highest BCUT2D eigenvalue weighted by Crippen LogP contribution is 2.25. The molecule has 1 aliphatic heterocycles. The van der Waals surface area contributed by atoms with Crippen molar-refractivity contribution in [1.29, 1.82) is 0 Å². The summed E-state index contributed by atoms with van der Waals surface area (Å²) >= 11 is 0. The Morgan fingerprint density at radius 3 is 2.15 bits per heavy atom. The third kappa shape index (κ3) is 4.68. The van der Waals surface area contributed by atoms with Crippen LogP contribution in [-0.2, 0) is 16.0 Å². The van der Waals surface area contributed by atoms with Gasteiger partial charge in [-0.3, -0.25) is 9.59 Å². The standard InChI is InChI=1S/C20H30N2O4/c1-5-15(6-2)20(24)22-11-9-21(10-12-22)19(23)13-16-7-8-17(25-3)14-18(16)26-4/h7-8,14-15H,5-6,9-13H2,1-4H3. The minimum atomic E-state index is 0.0584. The minimum Gasteiger partial charge on any atom is -0.497 e. The fraction of sp³-hybridized carbons (Fsp3) is 0.600. The molecule has 1 heterocycles. The van der Waals surface area contributed by atoms with Crippen LogP contribution in [0.4, 0.5) is 0 Å². The number of carbonyl (C=O) groups is 2. The Hall–Kier alpha value is -2.24. The number of methoxy groups -OCH3 is 2. The van der Waals surface area contributed by atoms with Gasteiger partial charge in [0.05, 0.1) is 20.6 Å². The van der Waals surface area contributed by atoms with Gasteiger partial charge in [0.1, 0.15) is 11.5 Å². The lowest BCUT2D eigenvalue weighted by Gasteiger charge is -2.36. The molecule has 1 aromatic rings. The average Bonchev–Trinajstić information content (AvgIpc) is 2.69. The minimum absolute atomic E-state index is 0.0584. The Kier molecular flexibility index (Phi) is 7.30. The van der Waals surface area contributed by atoms with Crippen LogP contribution in [-0.4, -0.2) is 62.0 Å². The molecule has 0 aromatic heterocycles. The van der Waals surface area contributed by atoms with Crippen molar-refractivity contribution in [3.8, 4) is 11.5 Å². The quantitative estimate of drug-likeness (QED) is 0.747. The van der Waals surface area contributed by atoms with E-state index in [2.05, 4.69) is 0 Å². The van der Waals surface area contributed by atoms with Crippen LogP contribution in [0.5, 0.6) is 11.5 Å². The molecule has 0 unspecified atom stereocenters. The van der Waals surface area contributed by atoms with E-state index in [1.807, 2.05) is 35.8 Å². The van der Waals surface area contributed by atoms with E-state index in [-0.39, 0.29) is 24.2 Å². The lowest BCUT2D eigenvalue weighted by molar-refractivity contribution is -0.142. The Balaban J connectivity index is 1.94. The highest BCUT2D eigenvalue weighted by Gasteiger charge is 2.27. The summed E-state index contributed by atoms with van der Waals surface area (Å²) in [5.41, 5.74) is 0.842. The van der Waals surface area contributed by atoms with Crippen molar-refractivity contribution in [3.05, 3.63) is 23.8 Å². The molecular weight excluding hydrogens is 332 g/mol. The normalized spacial score (nSPS) is 14.5. The molecule has 0 N–H and O–H groups in total. The van der Waals surface area contributed by atoms with Crippen molar-refractivity contribution < 1.29 is 19.1 Å². The lowest BCUT2D eigenvalue weighted by Crippen LogP contribution is -2.52. The topological polar surface area (TPSA) is 59.1 Å². The van der Waals surface area contributed by atoms with Crippen LogP contribution in [0, 0.1) is 5.92 Å². The fourth-order valence-corrected chi connectivity index (χ4v) is 3.34. The zero-order valence-corrected chi connectivity index (χ0v) is 16.3. The van der Waals surface area contributed by atoms with Crippen molar-refractivity contribution in [2.24, 2.45) is 5.92 Å². The van der Waals surface area contributed by atoms with Gasteiger partial charge in [-0.15, -0.1) is 0 Å². The molecule has 0 atom stereocenters. The average molecular weight is 362 g/mol. The molecule has 26 heavy (non-hydrogen) atoms. The van der Waals surface area contributed by atoms with Crippen LogP contribution in [0.1, 0.15) is 32.3 Å². The van der Waals surface area contributed by atoms with Gasteiger partial charge in [-0.25, -0.2) is 0 Å².